The molecule has 0 rings (SSSR count). The Morgan fingerprint density at radius 1 is 1.60 bits per heavy atom. The summed E-state index contributed by atoms with van der Waals surface area (Å²) in [7, 11) is 1.23. The molecule has 0 aliphatic heterocycles. The fourth-order valence-electron chi connectivity index (χ4n) is 0.170. The summed E-state index contributed by atoms with van der Waals surface area (Å²) >= 11 is 1.70. The van der Waals surface area contributed by atoms with E-state index in [2.05, 4.69) is 4.74 Å². The number of carbonyl (C=O) groups excluding carboxylic acids is 2. The van der Waals surface area contributed by atoms with Crippen LogP contribution in [0.3, 0.4) is 0 Å². The maximum atomic E-state index is 10.1. The second kappa shape index (κ2) is 11.2. The van der Waals surface area contributed by atoms with Gasteiger partial charge in [0.25, 0.3) is 0 Å². The van der Waals surface area contributed by atoms with Gasteiger partial charge in [0.15, 0.2) is 0 Å². The second-order valence-electron chi connectivity index (χ2n) is 0.974. The van der Waals surface area contributed by atoms with Crippen molar-refractivity contribution in [2.24, 2.45) is 0 Å². The van der Waals surface area contributed by atoms with Crippen molar-refractivity contribution < 1.29 is 38.6 Å². The third-order valence-corrected chi connectivity index (χ3v) is 0.489. The number of rotatable bonds is 2. The molecular weight excluding hydrogens is 232 g/mol. The predicted molar refractivity (Wildman–Crippen MR) is 27.5 cm³/mol. The van der Waals surface area contributed by atoms with Crippen LogP contribution in [0.5, 0.6) is 0 Å². The third kappa shape index (κ3) is 10.4. The third-order valence-electron chi connectivity index (χ3n) is 0.489. The van der Waals surface area contributed by atoms with E-state index in [1.54, 1.807) is 21.0 Å². The van der Waals surface area contributed by atoms with Gasteiger partial charge in [-0.15, -0.1) is 6.08 Å². The molecule has 0 aromatic carbocycles. The molecule has 61 valence electrons. The van der Waals surface area contributed by atoms with Crippen LogP contribution < -0.4 is 0 Å². The second-order valence-corrected chi connectivity index (χ2v) is 0.974. The van der Waals surface area contributed by atoms with E-state index in [9.17, 15) is 9.59 Å². The van der Waals surface area contributed by atoms with Crippen LogP contribution in [-0.2, 0) is 38.6 Å². The van der Waals surface area contributed by atoms with E-state index in [0.29, 0.717) is 0 Å². The van der Waals surface area contributed by atoms with Crippen molar-refractivity contribution in [2.75, 3.05) is 7.11 Å². The number of hydrogen-bond acceptors (Lipinski definition) is 4. The summed E-state index contributed by atoms with van der Waals surface area (Å²) < 4.78 is 12.2. The molecule has 0 spiro atoms. The zero-order valence-electron chi connectivity index (χ0n) is 5.09. The van der Waals surface area contributed by atoms with Crippen molar-refractivity contribution in [3.8, 4) is 0 Å². The number of ether oxygens (including phenoxy) is 1. The van der Waals surface area contributed by atoms with Crippen molar-refractivity contribution in [3.05, 3.63) is 12.2 Å². The number of hydrogen-bond donors (Lipinski definition) is 0. The van der Waals surface area contributed by atoms with Gasteiger partial charge in [-0.1, -0.05) is 0 Å². The Balaban J connectivity index is 0. The van der Waals surface area contributed by atoms with Crippen molar-refractivity contribution in [1.82, 2.24) is 0 Å². The normalized spacial score (nSPS) is 7.90. The number of carbonyl (C=O) groups is 1. The Bertz CT molecular complexity index is 132. The molecule has 0 amide bonds. The van der Waals surface area contributed by atoms with Crippen LogP contribution in [0.4, 0.5) is 0 Å². The molecule has 0 atom stereocenters. The zero-order valence-corrected chi connectivity index (χ0v) is 6.57. The Morgan fingerprint density at radius 3 is 2.40 bits per heavy atom. The minimum atomic E-state index is -0.548. The monoisotopic (exact) mass is 236 g/mol. The average molecular weight is 237 g/mol. The average Bonchev–Trinajstić information content (AvgIpc) is 2.04. The van der Waals surface area contributed by atoms with Gasteiger partial charge in [0.1, 0.15) is 0 Å². The first-order chi connectivity index (χ1) is 4.81. The Morgan fingerprint density at radius 2 is 2.10 bits per heavy atom. The molecule has 0 fully saturated rings. The van der Waals surface area contributed by atoms with Crippen molar-refractivity contribution in [1.29, 1.82) is 0 Å². The van der Waals surface area contributed by atoms with Crippen molar-refractivity contribution in [3.63, 3.8) is 0 Å². The van der Waals surface area contributed by atoms with Gasteiger partial charge in [-0.3, -0.25) is 4.79 Å². The Labute approximate surface area is 70.5 Å². The summed E-state index contributed by atoms with van der Waals surface area (Å²) in [6.07, 6.45) is 3.34. The van der Waals surface area contributed by atoms with E-state index in [1.165, 1.54) is 13.4 Å². The van der Waals surface area contributed by atoms with Gasteiger partial charge >= 0.3 is 24.3 Å². The standard InChI is InChI=1S/C5H5O3.Ag.O/c1-8-5(7)3-2-4-6;;/h2-3H,1H3;;/q-1;;/b3-2+;;. The first-order valence-electron chi connectivity index (χ1n) is 2.05. The summed E-state index contributed by atoms with van der Waals surface area (Å²) in [5.74, 6) is -0.548. The van der Waals surface area contributed by atoms with Gasteiger partial charge in [-0.2, -0.15) is 6.08 Å². The van der Waals surface area contributed by atoms with Gasteiger partial charge in [-0.25, -0.2) is 0 Å². The summed E-state index contributed by atoms with van der Waals surface area (Å²) in [5, 5.41) is 0. The molecule has 0 aromatic heterocycles. The van der Waals surface area contributed by atoms with Gasteiger partial charge in [0.05, 0.1) is 7.11 Å². The maximum absolute atomic E-state index is 10.1. The van der Waals surface area contributed by atoms with Gasteiger partial charge < -0.3 is 9.53 Å². The molecule has 0 heterocycles. The first kappa shape index (κ1) is 12.1. The molecule has 5 heteroatoms. The van der Waals surface area contributed by atoms with E-state index in [4.69, 9.17) is 3.25 Å². The molecule has 10 heavy (non-hydrogen) atoms. The molecule has 0 aliphatic carbocycles. The summed E-state index contributed by atoms with van der Waals surface area (Å²) in [4.78, 5) is 19.5. The topological polar surface area (TPSA) is 60.4 Å². The molecule has 4 nitrogen and oxygen atoms in total. The van der Waals surface area contributed by atoms with Crippen LogP contribution in [-0.4, -0.2) is 19.4 Å². The Kier molecular flexibility index (Phi) is 13.6. The van der Waals surface area contributed by atoms with Crippen LogP contribution in [0.25, 0.3) is 0 Å². The molecule has 0 radical (unpaired) electrons. The van der Waals surface area contributed by atoms with E-state index in [0.717, 1.165) is 12.2 Å². The van der Waals surface area contributed by atoms with Gasteiger partial charge in [-0.05, 0) is 6.29 Å². The summed E-state index contributed by atoms with van der Waals surface area (Å²) in [6.45, 7) is 0. The number of methoxy groups -OCH3 is 1. The summed E-state index contributed by atoms with van der Waals surface area (Å²) in [5.41, 5.74) is 0. The zero-order chi connectivity index (χ0) is 8.41. The molecule has 0 saturated carbocycles. The number of allylic oxidation sites excluding steroid dienone is 1. The van der Waals surface area contributed by atoms with Crippen LogP contribution in [0.15, 0.2) is 12.2 Å². The van der Waals surface area contributed by atoms with Gasteiger partial charge in [0.2, 0.25) is 5.97 Å². The molecule has 0 aliphatic rings. The van der Waals surface area contributed by atoms with E-state index in [1.807, 2.05) is 0 Å². The van der Waals surface area contributed by atoms with Crippen molar-refractivity contribution in [2.45, 2.75) is 0 Å². The molecule has 0 unspecified atom stereocenters. The SMILES string of the molecule is COC(=O)/C=C/[C-]=O.[O]=[Ag]. The molecule has 0 aromatic rings. The van der Waals surface area contributed by atoms with Crippen LogP contribution in [0.1, 0.15) is 0 Å². The van der Waals surface area contributed by atoms with Crippen LogP contribution in [0.2, 0.25) is 0 Å². The Hall–Kier alpha value is -0.580. The van der Waals surface area contributed by atoms with E-state index in [-0.39, 0.29) is 0 Å². The number of esters is 1. The first-order valence-corrected chi connectivity index (χ1v) is 2.66. The fourth-order valence-corrected chi connectivity index (χ4v) is 0.170. The van der Waals surface area contributed by atoms with E-state index < -0.39 is 5.97 Å². The predicted octanol–water partition coefficient (Wildman–Crippen LogP) is -0.296. The van der Waals surface area contributed by atoms with Crippen LogP contribution in [0, 0.1) is 0 Å². The van der Waals surface area contributed by atoms with Crippen molar-refractivity contribution >= 4 is 12.3 Å². The molecule has 0 saturated heterocycles. The van der Waals surface area contributed by atoms with Crippen LogP contribution >= 0.6 is 0 Å². The van der Waals surface area contributed by atoms with Gasteiger partial charge in [0, 0.05) is 0 Å². The molecule has 0 N–H and O–H groups in total. The quantitative estimate of drug-likeness (QED) is 0.286. The fraction of sp³-hybridized carbons (Fsp3) is 0.200. The molecular formula is C5H5AgO4-. The minimum absolute atomic E-state index is 0.548. The van der Waals surface area contributed by atoms with E-state index >= 15 is 0 Å². The molecule has 0 bridgehead atoms. The summed E-state index contributed by atoms with van der Waals surface area (Å²) in [6, 6.07) is 0.